The molecular weight excluding hydrogens is 624 g/mol. The molecule has 0 aliphatic rings. The zero-order chi connectivity index (χ0) is 33.3. The van der Waals surface area contributed by atoms with Crippen LogP contribution in [0, 0.1) is 20.8 Å². The number of unbranched alkanes of at least 4 members (excludes halogenated alkanes) is 2. The minimum Gasteiger partial charge on any atom is -0.396 e. The Hall–Kier alpha value is -2.73. The summed E-state index contributed by atoms with van der Waals surface area (Å²) in [4.78, 5) is -0.200. The Bertz CT molecular complexity index is 1340. The summed E-state index contributed by atoms with van der Waals surface area (Å²) in [7, 11) is -12.1. The molecule has 0 aromatic heterocycles. The number of rotatable bonds is 9. The first kappa shape index (κ1) is 40.3. The zero-order valence-corrected chi connectivity index (χ0v) is 26.6. The molecule has 15 heteroatoms. The number of aryl methyl sites for hydroxylation is 3. The molecule has 6 N–H and O–H groups in total. The first-order chi connectivity index (χ1) is 19.8. The van der Waals surface area contributed by atoms with Gasteiger partial charge in [-0.1, -0.05) is 65.9 Å². The Morgan fingerprint density at radius 1 is 0.512 bits per heavy atom. The van der Waals surface area contributed by atoms with Crippen LogP contribution in [0.2, 0.25) is 0 Å². The van der Waals surface area contributed by atoms with Gasteiger partial charge in [0.2, 0.25) is 0 Å². The highest BCUT2D eigenvalue weighted by Crippen LogP contribution is 2.10. The van der Waals surface area contributed by atoms with Crippen molar-refractivity contribution >= 4 is 30.4 Å². The Morgan fingerprint density at radius 2 is 0.791 bits per heavy atom. The Balaban J connectivity index is 0.000000548. The normalized spacial score (nSPS) is 11.9. The third-order valence-electron chi connectivity index (χ3n) is 5.36. The van der Waals surface area contributed by atoms with E-state index in [2.05, 4.69) is 0 Å². The van der Waals surface area contributed by atoms with Crippen molar-refractivity contribution in [1.29, 1.82) is 0 Å². The van der Waals surface area contributed by atoms with Crippen LogP contribution in [0.3, 0.4) is 0 Å². The lowest BCUT2D eigenvalue weighted by Gasteiger charge is -2.04. The fourth-order valence-corrected chi connectivity index (χ4v) is 4.33. The average Bonchev–Trinajstić information content (AvgIpc) is 2.91. The molecule has 3 rings (SSSR count). The van der Waals surface area contributed by atoms with Gasteiger partial charge in [-0.25, -0.2) is 0 Å². The fraction of sp³-hybridized carbons (Fsp3) is 0.357. The fourth-order valence-electron chi connectivity index (χ4n) is 2.89. The summed E-state index contributed by atoms with van der Waals surface area (Å²) in [6.45, 7) is 5.59. The van der Waals surface area contributed by atoms with Gasteiger partial charge in [0.1, 0.15) is 0 Å². The summed E-state index contributed by atoms with van der Waals surface area (Å²) in [6.07, 6.45) is 2.66. The summed E-state index contributed by atoms with van der Waals surface area (Å²) in [5.41, 5.74) is 2.87. The van der Waals surface area contributed by atoms with Crippen molar-refractivity contribution in [3.8, 4) is 0 Å². The maximum Gasteiger partial charge on any atom is 0.294 e. The van der Waals surface area contributed by atoms with E-state index in [0.29, 0.717) is 6.42 Å². The van der Waals surface area contributed by atoms with E-state index in [4.69, 9.17) is 29.0 Å². The first-order valence-corrected chi connectivity index (χ1v) is 17.2. The topological polar surface area (TPSA) is 224 Å². The smallest absolute Gasteiger partial charge is 0.294 e. The maximum absolute atomic E-state index is 10.5. The van der Waals surface area contributed by atoms with E-state index in [0.717, 1.165) is 36.0 Å². The van der Waals surface area contributed by atoms with Crippen LogP contribution in [0.15, 0.2) is 87.5 Å². The van der Waals surface area contributed by atoms with Crippen molar-refractivity contribution in [2.24, 2.45) is 0 Å². The summed E-state index contributed by atoms with van der Waals surface area (Å²) >= 11 is 0. The van der Waals surface area contributed by atoms with Crippen molar-refractivity contribution in [3.63, 3.8) is 0 Å². The second-order valence-electron chi connectivity index (χ2n) is 9.27. The van der Waals surface area contributed by atoms with Gasteiger partial charge in [-0.2, -0.15) is 25.3 Å². The largest absolute Gasteiger partial charge is 0.396 e. The Kier molecular flexibility index (Phi) is 18.3. The Labute approximate surface area is 253 Å². The van der Waals surface area contributed by atoms with Crippen molar-refractivity contribution in [3.05, 3.63) is 89.5 Å². The van der Waals surface area contributed by atoms with Crippen LogP contribution in [0.5, 0.6) is 0 Å². The highest BCUT2D eigenvalue weighted by Gasteiger charge is 2.08. The van der Waals surface area contributed by atoms with E-state index in [1.165, 1.54) is 36.4 Å². The lowest BCUT2D eigenvalue weighted by molar-refractivity contribution is 0.0856. The molecule has 0 spiro atoms. The van der Waals surface area contributed by atoms with E-state index in [-0.39, 0.29) is 27.9 Å². The molecule has 3 aromatic rings. The molecular formula is C28H40O12S3. The molecule has 43 heavy (non-hydrogen) atoms. The molecule has 242 valence electrons. The van der Waals surface area contributed by atoms with Gasteiger partial charge in [0.05, 0.1) is 27.4 Å². The summed E-state index contributed by atoms with van der Waals surface area (Å²) in [5, 5.41) is 25.6. The van der Waals surface area contributed by atoms with Crippen LogP contribution in [-0.4, -0.2) is 73.5 Å². The van der Waals surface area contributed by atoms with Crippen LogP contribution in [0.1, 0.15) is 42.4 Å². The molecule has 1 unspecified atom stereocenters. The highest BCUT2D eigenvalue weighted by atomic mass is 32.2. The lowest BCUT2D eigenvalue weighted by atomic mass is 10.1. The van der Waals surface area contributed by atoms with Crippen molar-refractivity contribution in [2.45, 2.75) is 67.2 Å². The highest BCUT2D eigenvalue weighted by molar-refractivity contribution is 7.86. The molecule has 0 heterocycles. The lowest BCUT2D eigenvalue weighted by Crippen LogP contribution is -2.11. The molecule has 12 nitrogen and oxygen atoms in total. The SMILES string of the molecule is Cc1ccc(S(=O)(=O)O)cc1.Cc1ccc(S(=O)(=O)O)cc1.Cc1ccc(S(=O)(=O)O)cc1.OCCCCCC(O)CO. The van der Waals surface area contributed by atoms with Crippen molar-refractivity contribution < 1.29 is 54.2 Å². The molecule has 0 radical (unpaired) electrons. The van der Waals surface area contributed by atoms with Crippen LogP contribution in [0.4, 0.5) is 0 Å². The van der Waals surface area contributed by atoms with Crippen LogP contribution < -0.4 is 0 Å². The predicted octanol–water partition coefficient (Wildman–Crippen LogP) is 3.62. The van der Waals surface area contributed by atoms with Crippen LogP contribution in [0.25, 0.3) is 0 Å². The number of aliphatic hydroxyl groups is 3. The molecule has 1 atom stereocenters. The minimum atomic E-state index is -4.02. The minimum absolute atomic E-state index is 0.0666. The molecule has 0 saturated carbocycles. The van der Waals surface area contributed by atoms with Gasteiger partial charge in [-0.15, -0.1) is 0 Å². The van der Waals surface area contributed by atoms with E-state index in [1.54, 1.807) is 36.4 Å². The molecule has 0 amide bonds. The number of aliphatic hydroxyl groups excluding tert-OH is 3. The molecule has 0 bridgehead atoms. The number of hydrogen-bond donors (Lipinski definition) is 6. The van der Waals surface area contributed by atoms with Gasteiger partial charge in [0.15, 0.2) is 0 Å². The zero-order valence-electron chi connectivity index (χ0n) is 24.1. The second kappa shape index (κ2) is 19.5. The van der Waals surface area contributed by atoms with Gasteiger partial charge < -0.3 is 15.3 Å². The molecule has 3 aromatic carbocycles. The quantitative estimate of drug-likeness (QED) is 0.143. The van der Waals surface area contributed by atoms with Crippen molar-refractivity contribution in [1.82, 2.24) is 0 Å². The number of benzene rings is 3. The van der Waals surface area contributed by atoms with E-state index in [9.17, 15) is 25.3 Å². The third kappa shape index (κ3) is 19.2. The van der Waals surface area contributed by atoms with Gasteiger partial charge in [-0.3, -0.25) is 13.7 Å². The van der Waals surface area contributed by atoms with Crippen LogP contribution >= 0.6 is 0 Å². The van der Waals surface area contributed by atoms with Gasteiger partial charge in [0, 0.05) is 6.61 Å². The maximum atomic E-state index is 10.5. The second-order valence-corrected chi connectivity index (χ2v) is 13.5. The molecule has 0 aliphatic heterocycles. The molecule has 0 fully saturated rings. The van der Waals surface area contributed by atoms with E-state index < -0.39 is 36.5 Å². The van der Waals surface area contributed by atoms with Gasteiger partial charge in [-0.05, 0) is 70.0 Å². The summed E-state index contributed by atoms with van der Waals surface area (Å²) in [5.74, 6) is 0. The van der Waals surface area contributed by atoms with Gasteiger partial charge in [0.25, 0.3) is 30.4 Å². The standard InChI is InChI=1S/3C7H8O3S.C7H16O3/c3*1-6-2-4-7(5-3-6)11(8,9)10;8-5-3-1-2-4-7(10)6-9/h3*2-5H,1H3,(H,8,9,10);7-10H,1-6H2. The van der Waals surface area contributed by atoms with E-state index in [1.807, 2.05) is 20.8 Å². The summed E-state index contributed by atoms with van der Waals surface area (Å²) in [6, 6.07) is 18.0. The Morgan fingerprint density at radius 3 is 1.00 bits per heavy atom. The third-order valence-corrected chi connectivity index (χ3v) is 7.97. The molecule has 0 aliphatic carbocycles. The van der Waals surface area contributed by atoms with Crippen molar-refractivity contribution in [2.75, 3.05) is 13.2 Å². The number of hydrogen-bond acceptors (Lipinski definition) is 9. The van der Waals surface area contributed by atoms with Gasteiger partial charge >= 0.3 is 0 Å². The summed E-state index contributed by atoms with van der Waals surface area (Å²) < 4.78 is 88.7. The monoisotopic (exact) mass is 664 g/mol. The first-order valence-electron chi connectivity index (χ1n) is 12.8. The van der Waals surface area contributed by atoms with E-state index >= 15 is 0 Å². The van der Waals surface area contributed by atoms with Crippen LogP contribution in [-0.2, 0) is 30.4 Å². The molecule has 0 saturated heterocycles. The predicted molar refractivity (Wildman–Crippen MR) is 162 cm³/mol. The average molecular weight is 665 g/mol.